The Morgan fingerprint density at radius 2 is 1.73 bits per heavy atom. The summed E-state index contributed by atoms with van der Waals surface area (Å²) in [4.78, 5) is 19.2. The van der Waals surface area contributed by atoms with Gasteiger partial charge in [-0.2, -0.15) is 0 Å². The fraction of sp³-hybridized carbons (Fsp3) is 0.423. The summed E-state index contributed by atoms with van der Waals surface area (Å²) < 4.78 is 0. The van der Waals surface area contributed by atoms with E-state index in [1.54, 1.807) is 0 Å². The first kappa shape index (κ1) is 18.2. The summed E-state index contributed by atoms with van der Waals surface area (Å²) in [5.41, 5.74) is 2.95. The molecule has 3 aromatic rings. The van der Waals surface area contributed by atoms with E-state index in [2.05, 4.69) is 58.5 Å². The maximum Gasteiger partial charge on any atom is 0.224 e. The maximum absolute atomic E-state index is 13.7. The summed E-state index contributed by atoms with van der Waals surface area (Å²) in [5.74, 6) is 0.858. The topological polar surface area (TPSA) is 56.3 Å². The van der Waals surface area contributed by atoms with E-state index >= 15 is 0 Å². The normalized spacial score (nSPS) is 30.7. The van der Waals surface area contributed by atoms with E-state index in [9.17, 15) is 9.90 Å². The fourth-order valence-corrected chi connectivity index (χ4v) is 6.75. The van der Waals surface area contributed by atoms with Gasteiger partial charge in [-0.3, -0.25) is 4.79 Å². The van der Waals surface area contributed by atoms with Gasteiger partial charge < -0.3 is 15.0 Å². The summed E-state index contributed by atoms with van der Waals surface area (Å²) in [6, 6.07) is 19.2. The molecule has 4 nitrogen and oxygen atoms in total. The number of piperidine rings is 2. The quantitative estimate of drug-likeness (QED) is 0.673. The number of amides is 1. The van der Waals surface area contributed by atoms with Crippen LogP contribution in [0.15, 0.2) is 60.8 Å². The highest BCUT2D eigenvalue weighted by Crippen LogP contribution is 2.51. The van der Waals surface area contributed by atoms with Crippen molar-refractivity contribution in [3.8, 4) is 0 Å². The number of benzene rings is 2. The van der Waals surface area contributed by atoms with Gasteiger partial charge in [-0.1, -0.05) is 48.5 Å². The van der Waals surface area contributed by atoms with Crippen LogP contribution in [0.1, 0.15) is 55.6 Å². The minimum Gasteiger partial charge on any atom is -0.390 e. The number of hydrogen-bond acceptors (Lipinski definition) is 2. The molecule has 3 heterocycles. The van der Waals surface area contributed by atoms with Gasteiger partial charge in [-0.25, -0.2) is 0 Å². The van der Waals surface area contributed by atoms with Crippen molar-refractivity contribution in [2.75, 3.05) is 0 Å². The second-order valence-corrected chi connectivity index (χ2v) is 9.74. The van der Waals surface area contributed by atoms with Crippen LogP contribution in [0.4, 0.5) is 0 Å². The summed E-state index contributed by atoms with van der Waals surface area (Å²) in [6.07, 6.45) is 7.13. The lowest BCUT2D eigenvalue weighted by Gasteiger charge is -2.59. The van der Waals surface area contributed by atoms with Crippen molar-refractivity contribution in [3.63, 3.8) is 0 Å². The maximum atomic E-state index is 13.7. The molecule has 0 spiro atoms. The predicted molar refractivity (Wildman–Crippen MR) is 117 cm³/mol. The SMILES string of the molecule is O=C(CC(c1ccccc1)c1c[nH]c2ccccc12)N1C2CC3CC1CC(O)(C3)C2. The molecule has 0 radical (unpaired) electrons. The van der Waals surface area contributed by atoms with E-state index in [1.807, 2.05) is 12.1 Å². The number of nitrogens with one attached hydrogen (secondary N) is 1. The third-order valence-electron chi connectivity index (χ3n) is 7.76. The van der Waals surface area contributed by atoms with Crippen LogP contribution in [0.5, 0.6) is 0 Å². The molecule has 4 heteroatoms. The van der Waals surface area contributed by atoms with Gasteiger partial charge in [0.15, 0.2) is 0 Å². The molecule has 2 aliphatic carbocycles. The number of aliphatic hydroxyl groups is 1. The van der Waals surface area contributed by atoms with Gasteiger partial charge in [0.1, 0.15) is 0 Å². The van der Waals surface area contributed by atoms with E-state index in [0.717, 1.165) is 37.6 Å². The van der Waals surface area contributed by atoms with Crippen molar-refractivity contribution in [1.29, 1.82) is 0 Å². The van der Waals surface area contributed by atoms with Crippen molar-refractivity contribution in [2.45, 2.75) is 62.1 Å². The van der Waals surface area contributed by atoms with Crippen LogP contribution >= 0.6 is 0 Å². The highest BCUT2D eigenvalue weighted by molar-refractivity contribution is 5.86. The van der Waals surface area contributed by atoms with Crippen LogP contribution in [0, 0.1) is 5.92 Å². The van der Waals surface area contributed by atoms with Gasteiger partial charge in [0.05, 0.1) is 5.60 Å². The Morgan fingerprint density at radius 3 is 2.47 bits per heavy atom. The summed E-state index contributed by atoms with van der Waals surface area (Å²) in [5, 5.41) is 12.1. The summed E-state index contributed by atoms with van der Waals surface area (Å²) in [6.45, 7) is 0. The third kappa shape index (κ3) is 2.89. The van der Waals surface area contributed by atoms with E-state index in [-0.39, 0.29) is 23.9 Å². The molecule has 3 atom stereocenters. The largest absolute Gasteiger partial charge is 0.390 e. The highest BCUT2D eigenvalue weighted by Gasteiger charge is 2.55. The average molecular weight is 401 g/mol. The van der Waals surface area contributed by atoms with Gasteiger partial charge in [0.25, 0.3) is 0 Å². The Balaban J connectivity index is 1.34. The molecule has 1 aromatic heterocycles. The lowest BCUT2D eigenvalue weighted by molar-refractivity contribution is -0.174. The molecular formula is C26H28N2O2. The van der Waals surface area contributed by atoms with Gasteiger partial charge in [0.2, 0.25) is 5.91 Å². The number of nitrogens with zero attached hydrogens (tertiary/aromatic N) is 1. The van der Waals surface area contributed by atoms with Crippen molar-refractivity contribution in [2.24, 2.45) is 5.92 Å². The highest BCUT2D eigenvalue weighted by atomic mass is 16.3. The van der Waals surface area contributed by atoms with E-state index in [4.69, 9.17) is 0 Å². The first-order chi connectivity index (χ1) is 14.6. The zero-order valence-electron chi connectivity index (χ0n) is 17.1. The fourth-order valence-electron chi connectivity index (χ4n) is 6.75. The number of hydrogen-bond donors (Lipinski definition) is 2. The van der Waals surface area contributed by atoms with Crippen LogP contribution in [0.3, 0.4) is 0 Å². The Morgan fingerprint density at radius 1 is 1.03 bits per heavy atom. The first-order valence-corrected chi connectivity index (χ1v) is 11.2. The number of fused-ring (bicyclic) bond motifs is 1. The number of carbonyl (C=O) groups excluding carboxylic acids is 1. The molecule has 1 amide bonds. The Kier molecular flexibility index (Phi) is 4.07. The molecule has 4 bridgehead atoms. The number of aromatic nitrogens is 1. The number of rotatable bonds is 4. The van der Waals surface area contributed by atoms with Gasteiger partial charge in [-0.05, 0) is 55.2 Å². The molecule has 7 rings (SSSR count). The molecule has 3 unspecified atom stereocenters. The average Bonchev–Trinajstić information content (AvgIpc) is 3.15. The Hall–Kier alpha value is -2.59. The first-order valence-electron chi connectivity index (χ1n) is 11.2. The summed E-state index contributed by atoms with van der Waals surface area (Å²) >= 11 is 0. The predicted octanol–water partition coefficient (Wildman–Crippen LogP) is 4.59. The minimum atomic E-state index is -0.525. The van der Waals surface area contributed by atoms with Crippen LogP contribution in [-0.4, -0.2) is 38.6 Å². The smallest absolute Gasteiger partial charge is 0.224 e. The van der Waals surface area contributed by atoms with Crippen LogP contribution in [0.25, 0.3) is 10.9 Å². The van der Waals surface area contributed by atoms with Gasteiger partial charge in [-0.15, -0.1) is 0 Å². The van der Waals surface area contributed by atoms with Crippen molar-refractivity contribution < 1.29 is 9.90 Å². The number of carbonyl (C=O) groups is 1. The van der Waals surface area contributed by atoms with Gasteiger partial charge >= 0.3 is 0 Å². The van der Waals surface area contributed by atoms with Gasteiger partial charge in [0, 0.05) is 41.5 Å². The second-order valence-electron chi connectivity index (χ2n) is 9.74. The van der Waals surface area contributed by atoms with Crippen LogP contribution in [-0.2, 0) is 4.79 Å². The monoisotopic (exact) mass is 400 g/mol. The van der Waals surface area contributed by atoms with E-state index < -0.39 is 5.60 Å². The van der Waals surface area contributed by atoms with E-state index in [1.165, 1.54) is 16.5 Å². The molecular weight excluding hydrogens is 372 g/mol. The Bertz CT molecular complexity index is 1070. The molecule has 2 aromatic carbocycles. The second kappa shape index (κ2) is 6.71. The standard InChI is InChI=1S/C26H28N2O2/c29-25(28-19-10-17-11-20(28)15-26(30,13-17)14-19)12-22(18-6-2-1-3-7-18)23-16-27-24-9-5-4-8-21(23)24/h1-9,16-17,19-20,22,27,30H,10-15H2. The third-order valence-corrected chi connectivity index (χ3v) is 7.76. The molecule has 154 valence electrons. The number of aromatic amines is 1. The molecule has 4 fully saturated rings. The van der Waals surface area contributed by atoms with Crippen LogP contribution < -0.4 is 0 Å². The summed E-state index contributed by atoms with van der Waals surface area (Å²) in [7, 11) is 0. The molecule has 2 saturated heterocycles. The lowest BCUT2D eigenvalue weighted by Crippen LogP contribution is -2.65. The Labute approximate surface area is 176 Å². The zero-order valence-corrected chi connectivity index (χ0v) is 17.1. The van der Waals surface area contributed by atoms with Crippen molar-refractivity contribution in [3.05, 3.63) is 71.9 Å². The molecule has 4 aliphatic rings. The van der Waals surface area contributed by atoms with E-state index in [0.29, 0.717) is 12.3 Å². The molecule has 30 heavy (non-hydrogen) atoms. The molecule has 2 aliphatic heterocycles. The zero-order chi connectivity index (χ0) is 20.3. The molecule has 2 saturated carbocycles. The number of para-hydroxylation sites is 1. The van der Waals surface area contributed by atoms with Crippen molar-refractivity contribution in [1.82, 2.24) is 9.88 Å². The number of H-pyrrole nitrogens is 1. The molecule has 2 N–H and O–H groups in total. The lowest BCUT2D eigenvalue weighted by atomic mass is 9.61. The van der Waals surface area contributed by atoms with Crippen molar-refractivity contribution >= 4 is 16.8 Å². The minimum absolute atomic E-state index is 0.0233. The van der Waals surface area contributed by atoms with Crippen LogP contribution in [0.2, 0.25) is 0 Å².